The van der Waals surface area contributed by atoms with Crippen molar-refractivity contribution in [3.05, 3.63) is 0 Å². The molecule has 1 N–H and O–H groups in total. The Hall–Kier alpha value is -0.620. The monoisotopic (exact) mass is 249 g/mol. The number of carboxylic acid groups (broad SMARTS) is 1. The van der Waals surface area contributed by atoms with Crippen LogP contribution in [0.2, 0.25) is 0 Å². The first-order chi connectivity index (χ1) is 7.45. The summed E-state index contributed by atoms with van der Waals surface area (Å²) in [5.74, 6) is -0.406. The van der Waals surface area contributed by atoms with Crippen molar-refractivity contribution in [2.24, 2.45) is 5.92 Å². The van der Waals surface area contributed by atoms with Gasteiger partial charge in [0, 0.05) is 19.5 Å². The maximum atomic E-state index is 11.7. The standard InChI is InChI=1S/C10H19NO4S/c1-2-7-16(14,15)11-6-5-9(8-11)3-4-10(12)13/h9H,2-8H2,1H3,(H,12,13). The van der Waals surface area contributed by atoms with Gasteiger partial charge < -0.3 is 5.11 Å². The van der Waals surface area contributed by atoms with Gasteiger partial charge in [0.05, 0.1) is 5.75 Å². The molecule has 1 heterocycles. The fourth-order valence-corrected chi connectivity index (χ4v) is 3.60. The maximum absolute atomic E-state index is 11.7. The van der Waals surface area contributed by atoms with Crippen molar-refractivity contribution in [2.75, 3.05) is 18.8 Å². The van der Waals surface area contributed by atoms with E-state index < -0.39 is 16.0 Å². The molecule has 0 radical (unpaired) electrons. The Morgan fingerprint density at radius 1 is 1.50 bits per heavy atom. The molecule has 16 heavy (non-hydrogen) atoms. The van der Waals surface area contributed by atoms with Crippen LogP contribution in [0.25, 0.3) is 0 Å². The highest BCUT2D eigenvalue weighted by molar-refractivity contribution is 7.89. The molecule has 1 rings (SSSR count). The zero-order valence-corrected chi connectivity index (χ0v) is 10.4. The summed E-state index contributed by atoms with van der Waals surface area (Å²) in [7, 11) is -3.10. The minimum absolute atomic E-state index is 0.131. The van der Waals surface area contributed by atoms with E-state index in [1.807, 2.05) is 6.92 Å². The van der Waals surface area contributed by atoms with Crippen molar-refractivity contribution < 1.29 is 18.3 Å². The number of hydrogen-bond acceptors (Lipinski definition) is 3. The van der Waals surface area contributed by atoms with E-state index in [1.165, 1.54) is 4.31 Å². The van der Waals surface area contributed by atoms with Crippen molar-refractivity contribution in [3.8, 4) is 0 Å². The number of hydrogen-bond donors (Lipinski definition) is 1. The van der Waals surface area contributed by atoms with Crippen molar-refractivity contribution in [1.29, 1.82) is 0 Å². The van der Waals surface area contributed by atoms with E-state index in [1.54, 1.807) is 0 Å². The summed E-state index contributed by atoms with van der Waals surface area (Å²) >= 11 is 0. The van der Waals surface area contributed by atoms with Crippen molar-refractivity contribution in [2.45, 2.75) is 32.6 Å². The van der Waals surface area contributed by atoms with Gasteiger partial charge in [-0.1, -0.05) is 6.92 Å². The van der Waals surface area contributed by atoms with Crippen molar-refractivity contribution in [3.63, 3.8) is 0 Å². The second-order valence-corrected chi connectivity index (χ2v) is 6.35. The maximum Gasteiger partial charge on any atom is 0.303 e. The fourth-order valence-electron chi connectivity index (χ4n) is 2.00. The summed E-state index contributed by atoms with van der Waals surface area (Å²) in [6.45, 7) is 2.89. The molecule has 1 unspecified atom stereocenters. The van der Waals surface area contributed by atoms with E-state index in [0.717, 1.165) is 6.42 Å². The lowest BCUT2D eigenvalue weighted by molar-refractivity contribution is -0.137. The Morgan fingerprint density at radius 2 is 2.19 bits per heavy atom. The SMILES string of the molecule is CCCS(=O)(=O)N1CCC(CCC(=O)O)C1. The van der Waals surface area contributed by atoms with Gasteiger partial charge >= 0.3 is 5.97 Å². The van der Waals surface area contributed by atoms with Crippen LogP contribution in [0.3, 0.4) is 0 Å². The van der Waals surface area contributed by atoms with E-state index in [-0.39, 0.29) is 18.1 Å². The zero-order chi connectivity index (χ0) is 12.2. The molecule has 0 aromatic rings. The summed E-state index contributed by atoms with van der Waals surface area (Å²) in [6.07, 6.45) is 2.12. The topological polar surface area (TPSA) is 74.7 Å². The average Bonchev–Trinajstić information content (AvgIpc) is 2.63. The van der Waals surface area contributed by atoms with Crippen LogP contribution in [-0.4, -0.2) is 42.6 Å². The Balaban J connectivity index is 2.43. The highest BCUT2D eigenvalue weighted by atomic mass is 32.2. The highest BCUT2D eigenvalue weighted by Crippen LogP contribution is 2.23. The molecule has 5 nitrogen and oxygen atoms in total. The van der Waals surface area contributed by atoms with Gasteiger partial charge in [-0.15, -0.1) is 0 Å². The van der Waals surface area contributed by atoms with E-state index >= 15 is 0 Å². The zero-order valence-electron chi connectivity index (χ0n) is 9.55. The molecule has 0 aromatic heterocycles. The molecule has 1 fully saturated rings. The van der Waals surface area contributed by atoms with Crippen LogP contribution in [0.4, 0.5) is 0 Å². The quantitative estimate of drug-likeness (QED) is 0.759. The summed E-state index contributed by atoms with van der Waals surface area (Å²) in [6, 6.07) is 0. The molecule has 0 aliphatic carbocycles. The van der Waals surface area contributed by atoms with Crippen LogP contribution in [-0.2, 0) is 14.8 Å². The number of sulfonamides is 1. The second-order valence-electron chi connectivity index (χ2n) is 4.26. The Morgan fingerprint density at radius 3 is 2.75 bits per heavy atom. The Bertz CT molecular complexity index is 339. The molecule has 0 spiro atoms. The van der Waals surface area contributed by atoms with Crippen molar-refractivity contribution >= 4 is 16.0 Å². The summed E-state index contributed by atoms with van der Waals surface area (Å²) in [5, 5.41) is 8.55. The Kier molecular flexibility index (Phi) is 4.73. The van der Waals surface area contributed by atoms with Gasteiger partial charge in [-0.05, 0) is 25.2 Å². The normalized spacial score (nSPS) is 22.4. The lowest BCUT2D eigenvalue weighted by Gasteiger charge is -2.15. The van der Waals surface area contributed by atoms with Gasteiger partial charge in [-0.2, -0.15) is 0 Å². The number of carbonyl (C=O) groups is 1. The third kappa shape index (κ3) is 3.75. The molecule has 6 heteroatoms. The minimum atomic E-state index is -3.10. The first-order valence-corrected chi connectivity index (χ1v) is 7.26. The molecule has 94 valence electrons. The first kappa shape index (κ1) is 13.4. The molecule has 0 saturated carbocycles. The fraction of sp³-hybridized carbons (Fsp3) is 0.900. The smallest absolute Gasteiger partial charge is 0.303 e. The molecule has 1 aliphatic rings. The number of carboxylic acids is 1. The summed E-state index contributed by atoms with van der Waals surface area (Å²) in [4.78, 5) is 10.4. The lowest BCUT2D eigenvalue weighted by atomic mass is 10.0. The lowest BCUT2D eigenvalue weighted by Crippen LogP contribution is -2.30. The third-order valence-corrected chi connectivity index (χ3v) is 4.91. The van der Waals surface area contributed by atoms with Crippen LogP contribution < -0.4 is 0 Å². The molecule has 0 bridgehead atoms. The molecule has 0 amide bonds. The van der Waals surface area contributed by atoms with Gasteiger partial charge in [0.2, 0.25) is 10.0 Å². The first-order valence-electron chi connectivity index (χ1n) is 5.65. The van der Waals surface area contributed by atoms with Crippen LogP contribution in [0.5, 0.6) is 0 Å². The van der Waals surface area contributed by atoms with E-state index in [2.05, 4.69) is 0 Å². The molecular formula is C10H19NO4S. The molecular weight excluding hydrogens is 230 g/mol. The van der Waals surface area contributed by atoms with E-state index in [0.29, 0.717) is 25.9 Å². The van der Waals surface area contributed by atoms with Gasteiger partial charge in [-0.25, -0.2) is 12.7 Å². The summed E-state index contributed by atoms with van der Waals surface area (Å²) < 4.78 is 25.0. The van der Waals surface area contributed by atoms with E-state index in [4.69, 9.17) is 5.11 Å². The van der Waals surface area contributed by atoms with Crippen LogP contribution in [0.1, 0.15) is 32.6 Å². The van der Waals surface area contributed by atoms with Crippen LogP contribution in [0.15, 0.2) is 0 Å². The van der Waals surface area contributed by atoms with Gasteiger partial charge in [0.1, 0.15) is 0 Å². The highest BCUT2D eigenvalue weighted by Gasteiger charge is 2.30. The molecule has 1 aliphatic heterocycles. The average molecular weight is 249 g/mol. The van der Waals surface area contributed by atoms with Gasteiger partial charge in [0.15, 0.2) is 0 Å². The number of nitrogens with zero attached hydrogens (tertiary/aromatic N) is 1. The van der Waals surface area contributed by atoms with Gasteiger partial charge in [-0.3, -0.25) is 4.79 Å². The van der Waals surface area contributed by atoms with Gasteiger partial charge in [0.25, 0.3) is 0 Å². The number of rotatable bonds is 6. The third-order valence-electron chi connectivity index (χ3n) is 2.87. The summed E-state index contributed by atoms with van der Waals surface area (Å²) in [5.41, 5.74) is 0. The van der Waals surface area contributed by atoms with Crippen LogP contribution in [0, 0.1) is 5.92 Å². The van der Waals surface area contributed by atoms with E-state index in [9.17, 15) is 13.2 Å². The molecule has 1 saturated heterocycles. The molecule has 1 atom stereocenters. The number of aliphatic carboxylic acids is 1. The van der Waals surface area contributed by atoms with Crippen molar-refractivity contribution in [1.82, 2.24) is 4.31 Å². The largest absolute Gasteiger partial charge is 0.481 e. The second kappa shape index (κ2) is 5.63. The Labute approximate surface area is 96.5 Å². The predicted octanol–water partition coefficient (Wildman–Crippen LogP) is 0.913. The predicted molar refractivity (Wildman–Crippen MR) is 60.6 cm³/mol. The van der Waals surface area contributed by atoms with Crippen LogP contribution >= 0.6 is 0 Å². The minimum Gasteiger partial charge on any atom is -0.481 e. The molecule has 0 aromatic carbocycles.